The number of fused-ring (bicyclic) bond motifs is 1. The minimum absolute atomic E-state index is 0.285. The third kappa shape index (κ3) is 4.11. The molecule has 7 heteroatoms. The molecule has 2 amide bonds. The van der Waals surface area contributed by atoms with E-state index < -0.39 is 0 Å². The fourth-order valence-electron chi connectivity index (χ4n) is 3.44. The van der Waals surface area contributed by atoms with Crippen LogP contribution < -0.4 is 16.0 Å². The summed E-state index contributed by atoms with van der Waals surface area (Å²) in [5.74, 6) is -0.131. The number of pyridine rings is 1. The summed E-state index contributed by atoms with van der Waals surface area (Å²) in [5, 5.41) is 9.72. The zero-order chi connectivity index (χ0) is 22.0. The predicted octanol–water partition coefficient (Wildman–Crippen LogP) is 4.54. The van der Waals surface area contributed by atoms with E-state index >= 15 is 0 Å². The van der Waals surface area contributed by atoms with Gasteiger partial charge in [-0.15, -0.1) is 0 Å². The van der Waals surface area contributed by atoms with Crippen molar-refractivity contribution < 1.29 is 9.59 Å². The number of aromatic amines is 1. The summed E-state index contributed by atoms with van der Waals surface area (Å²) < 4.78 is 0. The van der Waals surface area contributed by atoms with Crippen molar-refractivity contribution in [1.82, 2.24) is 15.3 Å². The highest BCUT2D eigenvalue weighted by atomic mass is 16.2. The summed E-state index contributed by atoms with van der Waals surface area (Å²) in [5.41, 5.74) is 4.90. The lowest BCUT2D eigenvalue weighted by molar-refractivity contribution is 0.0961. The Kier molecular flexibility index (Phi) is 5.41. The second-order valence-corrected chi connectivity index (χ2v) is 7.32. The topological polar surface area (TPSA) is 98.9 Å². The lowest BCUT2D eigenvalue weighted by atomic mass is 10.1. The molecule has 0 saturated heterocycles. The molecule has 0 aliphatic heterocycles. The van der Waals surface area contributed by atoms with E-state index in [1.165, 1.54) is 6.20 Å². The van der Waals surface area contributed by atoms with Gasteiger partial charge in [-0.25, -0.2) is 4.98 Å². The number of anilines is 3. The Labute approximate surface area is 179 Å². The van der Waals surface area contributed by atoms with Gasteiger partial charge in [0, 0.05) is 30.0 Å². The molecule has 0 radical (unpaired) electrons. The molecule has 0 unspecified atom stereocenters. The summed E-state index contributed by atoms with van der Waals surface area (Å²) in [6.45, 7) is 3.93. The van der Waals surface area contributed by atoms with E-state index in [9.17, 15) is 9.59 Å². The van der Waals surface area contributed by atoms with Gasteiger partial charge in [0.1, 0.15) is 0 Å². The number of H-pyrrole nitrogens is 1. The molecule has 0 saturated carbocycles. The van der Waals surface area contributed by atoms with Crippen LogP contribution in [0.2, 0.25) is 0 Å². The van der Waals surface area contributed by atoms with E-state index in [2.05, 4.69) is 25.9 Å². The molecule has 0 atom stereocenters. The van der Waals surface area contributed by atoms with E-state index in [0.29, 0.717) is 22.6 Å². The first-order chi connectivity index (χ1) is 15.0. The molecule has 0 spiro atoms. The van der Waals surface area contributed by atoms with Gasteiger partial charge in [0.05, 0.1) is 22.3 Å². The molecule has 4 N–H and O–H groups in total. The average Bonchev–Trinajstić information content (AvgIpc) is 3.15. The standard InChI is InChI=1S/C24H23N5O2/c1-14-7-4-5-10-19(14)28-22-20(12-17(13-26-22)23(30)25-3)29-24(31)18-9-6-8-16-11-15(2)27-21(16)18/h4-13,27H,1-3H3,(H,25,30)(H,26,28)(H,29,31). The first-order valence-corrected chi connectivity index (χ1v) is 9.90. The number of aryl methyl sites for hydroxylation is 2. The minimum atomic E-state index is -0.295. The van der Waals surface area contributed by atoms with Crippen molar-refractivity contribution in [2.75, 3.05) is 17.7 Å². The number of aromatic nitrogens is 2. The maximum absolute atomic E-state index is 13.2. The molecule has 2 aromatic carbocycles. The maximum atomic E-state index is 13.2. The lowest BCUT2D eigenvalue weighted by Crippen LogP contribution is -2.20. The van der Waals surface area contributed by atoms with Crippen LogP contribution in [0.15, 0.2) is 60.8 Å². The monoisotopic (exact) mass is 413 g/mol. The van der Waals surface area contributed by atoms with E-state index in [1.54, 1.807) is 19.2 Å². The largest absolute Gasteiger partial charge is 0.358 e. The van der Waals surface area contributed by atoms with Crippen molar-refractivity contribution in [3.8, 4) is 0 Å². The van der Waals surface area contributed by atoms with E-state index in [1.807, 2.05) is 56.3 Å². The van der Waals surface area contributed by atoms with Crippen LogP contribution in [-0.4, -0.2) is 28.8 Å². The molecule has 4 rings (SSSR count). The van der Waals surface area contributed by atoms with Gasteiger partial charge in [0.15, 0.2) is 5.82 Å². The number of hydrogen-bond acceptors (Lipinski definition) is 4. The molecule has 4 aromatic rings. The average molecular weight is 413 g/mol. The van der Waals surface area contributed by atoms with Gasteiger partial charge in [-0.2, -0.15) is 0 Å². The normalized spacial score (nSPS) is 10.7. The van der Waals surface area contributed by atoms with Crippen LogP contribution in [0, 0.1) is 13.8 Å². The molecule has 156 valence electrons. The Morgan fingerprint density at radius 1 is 0.935 bits per heavy atom. The summed E-state index contributed by atoms with van der Waals surface area (Å²) in [4.78, 5) is 32.9. The first-order valence-electron chi connectivity index (χ1n) is 9.90. The summed E-state index contributed by atoms with van der Waals surface area (Å²) >= 11 is 0. The van der Waals surface area contributed by atoms with Crippen molar-refractivity contribution in [3.63, 3.8) is 0 Å². The van der Waals surface area contributed by atoms with Gasteiger partial charge >= 0.3 is 0 Å². The number of hydrogen-bond donors (Lipinski definition) is 4. The minimum Gasteiger partial charge on any atom is -0.358 e. The quantitative estimate of drug-likeness (QED) is 0.386. The van der Waals surface area contributed by atoms with Gasteiger partial charge in [-0.1, -0.05) is 30.3 Å². The fourth-order valence-corrected chi connectivity index (χ4v) is 3.44. The third-order valence-corrected chi connectivity index (χ3v) is 5.06. The molecule has 7 nitrogen and oxygen atoms in total. The Morgan fingerprint density at radius 3 is 2.52 bits per heavy atom. The van der Waals surface area contributed by atoms with E-state index in [0.717, 1.165) is 27.8 Å². The summed E-state index contributed by atoms with van der Waals surface area (Å²) in [6.07, 6.45) is 1.48. The SMILES string of the molecule is CNC(=O)c1cnc(Nc2ccccc2C)c(NC(=O)c2cccc3cc(C)[nH]c23)c1. The number of benzene rings is 2. The highest BCUT2D eigenvalue weighted by Crippen LogP contribution is 2.28. The Bertz CT molecular complexity index is 1290. The van der Waals surface area contributed by atoms with Gasteiger partial charge in [0.25, 0.3) is 11.8 Å². The molecule has 0 aliphatic rings. The van der Waals surface area contributed by atoms with Crippen LogP contribution in [0.5, 0.6) is 0 Å². The summed E-state index contributed by atoms with van der Waals surface area (Å²) in [7, 11) is 1.55. The number of carbonyl (C=O) groups excluding carboxylic acids is 2. The highest BCUT2D eigenvalue weighted by Gasteiger charge is 2.17. The number of nitrogens with zero attached hydrogens (tertiary/aromatic N) is 1. The summed E-state index contributed by atoms with van der Waals surface area (Å²) in [6, 6.07) is 16.9. The molecule has 0 bridgehead atoms. The molecule has 0 aliphatic carbocycles. The Hall–Kier alpha value is -4.13. The first kappa shape index (κ1) is 20.2. The van der Waals surface area contributed by atoms with Crippen molar-refractivity contribution in [3.05, 3.63) is 83.2 Å². The van der Waals surface area contributed by atoms with Gasteiger partial charge in [0.2, 0.25) is 0 Å². The van der Waals surface area contributed by atoms with E-state index in [4.69, 9.17) is 0 Å². The molecule has 31 heavy (non-hydrogen) atoms. The van der Waals surface area contributed by atoms with Crippen LogP contribution in [0.4, 0.5) is 17.2 Å². The van der Waals surface area contributed by atoms with Crippen LogP contribution in [0.1, 0.15) is 32.0 Å². The highest BCUT2D eigenvalue weighted by molar-refractivity contribution is 6.13. The van der Waals surface area contributed by atoms with Crippen molar-refractivity contribution in [1.29, 1.82) is 0 Å². The van der Waals surface area contributed by atoms with Gasteiger partial charge in [-0.05, 0) is 43.7 Å². The zero-order valence-electron chi connectivity index (χ0n) is 17.5. The van der Waals surface area contributed by atoms with Crippen molar-refractivity contribution in [2.45, 2.75) is 13.8 Å². The van der Waals surface area contributed by atoms with Crippen LogP contribution >= 0.6 is 0 Å². The number of carbonyl (C=O) groups is 2. The maximum Gasteiger partial charge on any atom is 0.257 e. The van der Waals surface area contributed by atoms with E-state index in [-0.39, 0.29) is 11.8 Å². The fraction of sp³-hybridized carbons (Fsp3) is 0.125. The van der Waals surface area contributed by atoms with Crippen LogP contribution in [0.3, 0.4) is 0 Å². The molecule has 0 fully saturated rings. The number of para-hydroxylation sites is 2. The predicted molar refractivity (Wildman–Crippen MR) is 123 cm³/mol. The van der Waals surface area contributed by atoms with Crippen molar-refractivity contribution in [2.24, 2.45) is 0 Å². The second-order valence-electron chi connectivity index (χ2n) is 7.32. The third-order valence-electron chi connectivity index (χ3n) is 5.06. The number of amides is 2. The molecule has 2 heterocycles. The smallest absolute Gasteiger partial charge is 0.257 e. The molecule has 2 aromatic heterocycles. The second kappa shape index (κ2) is 8.31. The molecular formula is C24H23N5O2. The van der Waals surface area contributed by atoms with Crippen molar-refractivity contribution >= 4 is 39.9 Å². The zero-order valence-corrected chi connectivity index (χ0v) is 17.5. The Morgan fingerprint density at radius 2 is 1.74 bits per heavy atom. The van der Waals surface area contributed by atoms with Gasteiger partial charge in [-0.3, -0.25) is 9.59 Å². The van der Waals surface area contributed by atoms with Gasteiger partial charge < -0.3 is 20.9 Å². The lowest BCUT2D eigenvalue weighted by Gasteiger charge is -2.15. The number of rotatable bonds is 5. The van der Waals surface area contributed by atoms with Crippen LogP contribution in [0.25, 0.3) is 10.9 Å². The molecular weight excluding hydrogens is 390 g/mol. The van der Waals surface area contributed by atoms with Crippen LogP contribution in [-0.2, 0) is 0 Å². The Balaban J connectivity index is 1.73. The number of nitrogens with one attached hydrogen (secondary N) is 4.